The molecule has 0 fully saturated rings. The van der Waals surface area contributed by atoms with E-state index in [0.717, 1.165) is 10.2 Å². The van der Waals surface area contributed by atoms with Gasteiger partial charge in [-0.2, -0.15) is 0 Å². The number of Topliss-reactive ketones (excluding diaryl/α,β-unsaturated/α-hetero) is 1. The normalized spacial score (nSPS) is 9.94. The SMILES string of the molecule is CC(=O)CCC(=O)N(C)c1ccccc1Br. The highest BCUT2D eigenvalue weighted by molar-refractivity contribution is 9.10. The number of rotatable bonds is 4. The molecule has 0 aliphatic heterocycles. The highest BCUT2D eigenvalue weighted by atomic mass is 79.9. The second kappa shape index (κ2) is 5.80. The van der Waals surface area contributed by atoms with Gasteiger partial charge in [-0.25, -0.2) is 0 Å². The van der Waals surface area contributed by atoms with Crippen molar-refractivity contribution in [3.63, 3.8) is 0 Å². The van der Waals surface area contributed by atoms with E-state index in [1.165, 1.54) is 6.92 Å². The first kappa shape index (κ1) is 12.9. The van der Waals surface area contributed by atoms with Crippen LogP contribution in [0, 0.1) is 0 Å². The van der Waals surface area contributed by atoms with Crippen LogP contribution >= 0.6 is 15.9 Å². The van der Waals surface area contributed by atoms with Gasteiger partial charge in [-0.3, -0.25) is 4.79 Å². The third-order valence-corrected chi connectivity index (χ3v) is 2.95. The molecule has 1 aromatic carbocycles. The van der Waals surface area contributed by atoms with Crippen molar-refractivity contribution in [1.29, 1.82) is 0 Å². The van der Waals surface area contributed by atoms with E-state index in [-0.39, 0.29) is 18.1 Å². The molecule has 1 rings (SSSR count). The molecule has 0 atom stereocenters. The number of halogens is 1. The number of amides is 1. The first-order valence-electron chi connectivity index (χ1n) is 5.03. The zero-order valence-electron chi connectivity index (χ0n) is 9.37. The Labute approximate surface area is 104 Å². The van der Waals surface area contributed by atoms with Gasteiger partial charge in [0.1, 0.15) is 5.78 Å². The fourth-order valence-electron chi connectivity index (χ4n) is 1.31. The topological polar surface area (TPSA) is 37.4 Å². The van der Waals surface area contributed by atoms with Crippen molar-refractivity contribution in [2.45, 2.75) is 19.8 Å². The molecule has 0 N–H and O–H groups in total. The van der Waals surface area contributed by atoms with Crippen molar-refractivity contribution < 1.29 is 9.59 Å². The van der Waals surface area contributed by atoms with Crippen molar-refractivity contribution in [2.24, 2.45) is 0 Å². The Morgan fingerprint density at radius 1 is 1.25 bits per heavy atom. The number of para-hydroxylation sites is 1. The molecule has 0 aliphatic carbocycles. The van der Waals surface area contributed by atoms with Crippen LogP contribution in [0.2, 0.25) is 0 Å². The summed E-state index contributed by atoms with van der Waals surface area (Å²) in [6.07, 6.45) is 0.556. The predicted octanol–water partition coefficient (Wildman–Crippen LogP) is 2.78. The maximum absolute atomic E-state index is 11.8. The minimum atomic E-state index is -0.0536. The molecule has 0 aromatic heterocycles. The van der Waals surface area contributed by atoms with Gasteiger partial charge in [0.2, 0.25) is 5.91 Å². The molecule has 4 heteroatoms. The lowest BCUT2D eigenvalue weighted by atomic mass is 10.2. The van der Waals surface area contributed by atoms with Gasteiger partial charge in [0.05, 0.1) is 5.69 Å². The van der Waals surface area contributed by atoms with Crippen LogP contribution in [0.4, 0.5) is 5.69 Å². The summed E-state index contributed by atoms with van der Waals surface area (Å²) in [5, 5.41) is 0. The Balaban J connectivity index is 2.71. The summed E-state index contributed by atoms with van der Waals surface area (Å²) in [5.41, 5.74) is 0.816. The average Bonchev–Trinajstić information content (AvgIpc) is 2.25. The lowest BCUT2D eigenvalue weighted by molar-refractivity contribution is -0.122. The van der Waals surface area contributed by atoms with Gasteiger partial charge in [-0.15, -0.1) is 0 Å². The fourth-order valence-corrected chi connectivity index (χ4v) is 1.86. The number of hydrogen-bond donors (Lipinski definition) is 0. The Hall–Kier alpha value is -1.16. The molecule has 0 aliphatic rings. The van der Waals surface area contributed by atoms with Crippen LogP contribution < -0.4 is 4.90 Å². The first-order valence-corrected chi connectivity index (χ1v) is 5.82. The summed E-state index contributed by atoms with van der Waals surface area (Å²) in [7, 11) is 1.71. The van der Waals surface area contributed by atoms with Crippen molar-refractivity contribution in [1.82, 2.24) is 0 Å². The maximum Gasteiger partial charge on any atom is 0.227 e. The second-order valence-corrected chi connectivity index (χ2v) is 4.46. The molecule has 0 bridgehead atoms. The number of benzene rings is 1. The summed E-state index contributed by atoms with van der Waals surface area (Å²) < 4.78 is 0.869. The molecule has 16 heavy (non-hydrogen) atoms. The van der Waals surface area contributed by atoms with E-state index in [1.807, 2.05) is 24.3 Å². The van der Waals surface area contributed by atoms with Gasteiger partial charge >= 0.3 is 0 Å². The lowest BCUT2D eigenvalue weighted by Crippen LogP contribution is -2.26. The highest BCUT2D eigenvalue weighted by Gasteiger charge is 2.13. The largest absolute Gasteiger partial charge is 0.314 e. The van der Waals surface area contributed by atoms with Gasteiger partial charge < -0.3 is 9.69 Å². The van der Waals surface area contributed by atoms with Crippen molar-refractivity contribution in [2.75, 3.05) is 11.9 Å². The molecule has 0 unspecified atom stereocenters. The number of nitrogens with zero attached hydrogens (tertiary/aromatic N) is 1. The monoisotopic (exact) mass is 283 g/mol. The first-order chi connectivity index (χ1) is 7.52. The van der Waals surface area contributed by atoms with E-state index < -0.39 is 0 Å². The minimum absolute atomic E-state index is 0.0360. The Bertz CT molecular complexity index is 404. The second-order valence-electron chi connectivity index (χ2n) is 3.61. The van der Waals surface area contributed by atoms with E-state index >= 15 is 0 Å². The van der Waals surface area contributed by atoms with Gasteiger partial charge in [0.15, 0.2) is 0 Å². The number of hydrogen-bond acceptors (Lipinski definition) is 2. The number of carbonyl (C=O) groups excluding carboxylic acids is 2. The molecule has 1 amide bonds. The van der Waals surface area contributed by atoms with Crippen LogP contribution in [0.15, 0.2) is 28.7 Å². The Kier molecular flexibility index (Phi) is 4.68. The molecular formula is C12H14BrNO2. The summed E-state index contributed by atoms with van der Waals surface area (Å²) in [6.45, 7) is 1.49. The quantitative estimate of drug-likeness (QED) is 0.852. The van der Waals surface area contributed by atoms with Crippen LogP contribution in [0.1, 0.15) is 19.8 Å². The Morgan fingerprint density at radius 2 is 1.88 bits per heavy atom. The predicted molar refractivity (Wildman–Crippen MR) is 67.5 cm³/mol. The van der Waals surface area contributed by atoms with Crippen LogP contribution in [0.3, 0.4) is 0 Å². The minimum Gasteiger partial charge on any atom is -0.314 e. The number of anilines is 1. The van der Waals surface area contributed by atoms with Crippen molar-refractivity contribution in [3.05, 3.63) is 28.7 Å². The number of ketones is 1. The van der Waals surface area contributed by atoms with E-state index in [2.05, 4.69) is 15.9 Å². The third kappa shape index (κ3) is 3.45. The van der Waals surface area contributed by atoms with E-state index in [1.54, 1.807) is 11.9 Å². The van der Waals surface area contributed by atoms with E-state index in [4.69, 9.17) is 0 Å². The zero-order valence-corrected chi connectivity index (χ0v) is 11.0. The van der Waals surface area contributed by atoms with Gasteiger partial charge in [0, 0.05) is 24.4 Å². The van der Waals surface area contributed by atoms with Crippen molar-refractivity contribution in [3.8, 4) is 0 Å². The molecule has 0 saturated heterocycles. The van der Waals surface area contributed by atoms with Crippen LogP contribution in [0.5, 0.6) is 0 Å². The lowest BCUT2D eigenvalue weighted by Gasteiger charge is -2.18. The van der Waals surface area contributed by atoms with E-state index in [9.17, 15) is 9.59 Å². The summed E-state index contributed by atoms with van der Waals surface area (Å²) in [5.74, 6) is -0.0176. The molecule has 0 radical (unpaired) electrons. The summed E-state index contributed by atoms with van der Waals surface area (Å²) in [6, 6.07) is 7.50. The molecule has 86 valence electrons. The standard InChI is InChI=1S/C12H14BrNO2/c1-9(15)7-8-12(16)14(2)11-6-4-3-5-10(11)13/h3-6H,7-8H2,1-2H3. The van der Waals surface area contributed by atoms with Crippen LogP contribution in [0.25, 0.3) is 0 Å². The summed E-state index contributed by atoms with van der Waals surface area (Å²) >= 11 is 3.38. The van der Waals surface area contributed by atoms with E-state index in [0.29, 0.717) is 6.42 Å². The highest BCUT2D eigenvalue weighted by Crippen LogP contribution is 2.25. The molecule has 0 saturated carbocycles. The van der Waals surface area contributed by atoms with Crippen LogP contribution in [-0.2, 0) is 9.59 Å². The Morgan fingerprint density at radius 3 is 2.44 bits per heavy atom. The van der Waals surface area contributed by atoms with Gasteiger partial charge in [0.25, 0.3) is 0 Å². The molecule has 0 heterocycles. The molecule has 1 aromatic rings. The fraction of sp³-hybridized carbons (Fsp3) is 0.333. The van der Waals surface area contributed by atoms with Crippen molar-refractivity contribution >= 4 is 33.3 Å². The molecular weight excluding hydrogens is 270 g/mol. The summed E-state index contributed by atoms with van der Waals surface area (Å²) in [4.78, 5) is 24.1. The number of carbonyl (C=O) groups is 2. The van der Waals surface area contributed by atoms with Crippen LogP contribution in [-0.4, -0.2) is 18.7 Å². The zero-order chi connectivity index (χ0) is 12.1. The van der Waals surface area contributed by atoms with Gasteiger partial charge in [-0.1, -0.05) is 12.1 Å². The maximum atomic E-state index is 11.8. The molecule has 3 nitrogen and oxygen atoms in total. The van der Waals surface area contributed by atoms with Gasteiger partial charge in [-0.05, 0) is 35.0 Å². The smallest absolute Gasteiger partial charge is 0.227 e. The molecule has 0 spiro atoms. The average molecular weight is 284 g/mol. The third-order valence-electron chi connectivity index (χ3n) is 2.28.